The summed E-state index contributed by atoms with van der Waals surface area (Å²) in [4.78, 5) is 0. The van der Waals surface area contributed by atoms with Crippen LogP contribution in [0.3, 0.4) is 0 Å². The minimum absolute atomic E-state index is 0.528. The van der Waals surface area contributed by atoms with Gasteiger partial charge < -0.3 is 10.1 Å². The van der Waals surface area contributed by atoms with Crippen molar-refractivity contribution in [2.75, 3.05) is 7.11 Å². The Hall–Kier alpha value is -0.0800. The van der Waals surface area contributed by atoms with Gasteiger partial charge in [-0.2, -0.15) is 0 Å². The molecule has 2 heteroatoms. The minimum atomic E-state index is 0.528. The zero-order chi connectivity index (χ0) is 11.4. The van der Waals surface area contributed by atoms with E-state index < -0.39 is 0 Å². The molecule has 1 atom stereocenters. The second-order valence-corrected chi connectivity index (χ2v) is 5.71. The van der Waals surface area contributed by atoms with Crippen molar-refractivity contribution in [1.29, 1.82) is 0 Å². The molecule has 2 rings (SSSR count). The van der Waals surface area contributed by atoms with Crippen LogP contribution < -0.4 is 5.32 Å². The van der Waals surface area contributed by atoms with E-state index in [0.29, 0.717) is 6.10 Å². The molecule has 0 amide bonds. The van der Waals surface area contributed by atoms with Crippen molar-refractivity contribution in [3.8, 4) is 0 Å². The smallest absolute Gasteiger partial charge is 0.0572 e. The Balaban J connectivity index is 1.69. The van der Waals surface area contributed by atoms with E-state index in [1.165, 1.54) is 51.4 Å². The van der Waals surface area contributed by atoms with Gasteiger partial charge in [-0.15, -0.1) is 0 Å². The lowest BCUT2D eigenvalue weighted by atomic mass is 9.91. The van der Waals surface area contributed by atoms with Gasteiger partial charge in [-0.05, 0) is 51.4 Å². The first-order valence-electron chi connectivity index (χ1n) is 7.08. The highest BCUT2D eigenvalue weighted by Gasteiger charge is 2.26. The van der Waals surface area contributed by atoms with Crippen molar-refractivity contribution in [3.63, 3.8) is 0 Å². The van der Waals surface area contributed by atoms with Crippen LogP contribution in [0.4, 0.5) is 0 Å². The van der Waals surface area contributed by atoms with Crippen molar-refractivity contribution in [3.05, 3.63) is 0 Å². The molecule has 0 aromatic carbocycles. The summed E-state index contributed by atoms with van der Waals surface area (Å²) in [5.74, 6) is 0.945. The lowest BCUT2D eigenvalue weighted by molar-refractivity contribution is 0.0603. The van der Waals surface area contributed by atoms with Crippen LogP contribution >= 0.6 is 0 Å². The topological polar surface area (TPSA) is 21.3 Å². The van der Waals surface area contributed by atoms with E-state index in [0.717, 1.165) is 18.0 Å². The number of ether oxygens (including phenoxy) is 1. The summed E-state index contributed by atoms with van der Waals surface area (Å²) in [5, 5.41) is 3.85. The molecule has 0 radical (unpaired) electrons. The molecule has 94 valence electrons. The minimum Gasteiger partial charge on any atom is -0.381 e. The van der Waals surface area contributed by atoms with Crippen molar-refractivity contribution < 1.29 is 4.74 Å². The summed E-state index contributed by atoms with van der Waals surface area (Å²) in [7, 11) is 1.85. The highest BCUT2D eigenvalue weighted by Crippen LogP contribution is 2.29. The zero-order valence-electron chi connectivity index (χ0n) is 10.9. The molecule has 0 spiro atoms. The maximum absolute atomic E-state index is 5.42. The summed E-state index contributed by atoms with van der Waals surface area (Å²) in [6.07, 6.45) is 11.4. The molecule has 0 bridgehead atoms. The van der Waals surface area contributed by atoms with Crippen molar-refractivity contribution >= 4 is 0 Å². The highest BCUT2D eigenvalue weighted by molar-refractivity contribution is 4.83. The van der Waals surface area contributed by atoms with Crippen molar-refractivity contribution in [1.82, 2.24) is 5.32 Å². The molecular formula is C14H27NO. The van der Waals surface area contributed by atoms with Gasteiger partial charge in [-0.1, -0.05) is 12.8 Å². The number of rotatable bonds is 4. The Morgan fingerprint density at radius 1 is 1.00 bits per heavy atom. The zero-order valence-corrected chi connectivity index (χ0v) is 10.9. The predicted octanol–water partition coefficient (Wildman–Crippen LogP) is 3.11. The Morgan fingerprint density at radius 2 is 1.62 bits per heavy atom. The quantitative estimate of drug-likeness (QED) is 0.794. The average molecular weight is 225 g/mol. The van der Waals surface area contributed by atoms with E-state index in [2.05, 4.69) is 12.2 Å². The van der Waals surface area contributed by atoms with Crippen LogP contribution in [0.15, 0.2) is 0 Å². The number of nitrogens with one attached hydrogen (secondary N) is 1. The first kappa shape index (κ1) is 12.4. The fourth-order valence-electron chi connectivity index (χ4n) is 3.43. The molecule has 0 heterocycles. The van der Waals surface area contributed by atoms with Gasteiger partial charge in [-0.3, -0.25) is 0 Å². The maximum atomic E-state index is 5.42. The first-order valence-corrected chi connectivity index (χ1v) is 7.08. The predicted molar refractivity (Wildman–Crippen MR) is 67.6 cm³/mol. The third-order valence-corrected chi connectivity index (χ3v) is 4.61. The molecule has 2 nitrogen and oxygen atoms in total. The first-order chi connectivity index (χ1) is 7.79. The molecule has 16 heavy (non-hydrogen) atoms. The molecule has 1 N–H and O–H groups in total. The van der Waals surface area contributed by atoms with Crippen molar-refractivity contribution in [2.24, 2.45) is 5.92 Å². The van der Waals surface area contributed by atoms with E-state index in [9.17, 15) is 0 Å². The van der Waals surface area contributed by atoms with Gasteiger partial charge in [0.1, 0.15) is 0 Å². The van der Waals surface area contributed by atoms with Crippen LogP contribution in [-0.2, 0) is 4.74 Å². The Morgan fingerprint density at radius 3 is 2.19 bits per heavy atom. The number of methoxy groups -OCH3 is 1. The Labute approximate surface area is 100 Å². The van der Waals surface area contributed by atoms with Gasteiger partial charge in [0, 0.05) is 19.2 Å². The summed E-state index contributed by atoms with van der Waals surface area (Å²) in [5.41, 5.74) is 0. The molecule has 2 aliphatic carbocycles. The maximum Gasteiger partial charge on any atom is 0.0572 e. The summed E-state index contributed by atoms with van der Waals surface area (Å²) >= 11 is 0. The molecule has 2 aliphatic rings. The molecule has 0 aromatic rings. The van der Waals surface area contributed by atoms with Gasteiger partial charge >= 0.3 is 0 Å². The second kappa shape index (κ2) is 6.02. The number of hydrogen-bond acceptors (Lipinski definition) is 2. The van der Waals surface area contributed by atoms with Gasteiger partial charge in [0.05, 0.1) is 6.10 Å². The van der Waals surface area contributed by atoms with Gasteiger partial charge in [0.15, 0.2) is 0 Å². The third-order valence-electron chi connectivity index (χ3n) is 4.61. The summed E-state index contributed by atoms with van der Waals surface area (Å²) < 4.78 is 5.42. The lowest BCUT2D eigenvalue weighted by Gasteiger charge is -2.32. The average Bonchev–Trinajstić information content (AvgIpc) is 2.83. The SMILES string of the molecule is COC1CCC(N[C@@H](C)C2CCCC2)CC1. The Bertz CT molecular complexity index is 193. The van der Waals surface area contributed by atoms with Crippen LogP contribution in [0.2, 0.25) is 0 Å². The van der Waals surface area contributed by atoms with Gasteiger partial charge in [0.2, 0.25) is 0 Å². The molecule has 2 saturated carbocycles. The van der Waals surface area contributed by atoms with E-state index in [4.69, 9.17) is 4.74 Å². The van der Waals surface area contributed by atoms with Crippen LogP contribution in [0.5, 0.6) is 0 Å². The second-order valence-electron chi connectivity index (χ2n) is 5.71. The molecule has 0 aromatic heterocycles. The third kappa shape index (κ3) is 3.21. The van der Waals surface area contributed by atoms with Crippen LogP contribution in [0.1, 0.15) is 58.3 Å². The Kier molecular flexibility index (Phi) is 4.66. The molecule has 2 fully saturated rings. The van der Waals surface area contributed by atoms with Crippen LogP contribution in [0.25, 0.3) is 0 Å². The monoisotopic (exact) mass is 225 g/mol. The van der Waals surface area contributed by atoms with Crippen molar-refractivity contribution in [2.45, 2.75) is 76.5 Å². The fraction of sp³-hybridized carbons (Fsp3) is 1.00. The molecule has 0 saturated heterocycles. The standard InChI is InChI=1S/C14H27NO/c1-11(12-5-3-4-6-12)15-13-7-9-14(16-2)10-8-13/h11-15H,3-10H2,1-2H3/t11-,13?,14?/m0/s1. The highest BCUT2D eigenvalue weighted by atomic mass is 16.5. The van der Waals surface area contributed by atoms with E-state index in [1.807, 2.05) is 7.11 Å². The normalized spacial score (nSPS) is 34.1. The molecule has 0 aliphatic heterocycles. The van der Waals surface area contributed by atoms with Crippen LogP contribution in [-0.4, -0.2) is 25.3 Å². The fourth-order valence-corrected chi connectivity index (χ4v) is 3.43. The van der Waals surface area contributed by atoms with E-state index in [1.54, 1.807) is 0 Å². The number of hydrogen-bond donors (Lipinski definition) is 1. The molecular weight excluding hydrogens is 198 g/mol. The lowest BCUT2D eigenvalue weighted by Crippen LogP contribution is -2.43. The van der Waals surface area contributed by atoms with Gasteiger partial charge in [-0.25, -0.2) is 0 Å². The van der Waals surface area contributed by atoms with E-state index >= 15 is 0 Å². The van der Waals surface area contributed by atoms with E-state index in [-0.39, 0.29) is 0 Å². The largest absolute Gasteiger partial charge is 0.381 e. The summed E-state index contributed by atoms with van der Waals surface area (Å²) in [6.45, 7) is 2.39. The molecule has 0 unspecified atom stereocenters. The van der Waals surface area contributed by atoms with Gasteiger partial charge in [0.25, 0.3) is 0 Å². The summed E-state index contributed by atoms with van der Waals surface area (Å²) in [6, 6.07) is 1.48. The van der Waals surface area contributed by atoms with Crippen LogP contribution in [0, 0.1) is 5.92 Å².